The fourth-order valence-electron chi connectivity index (χ4n) is 4.04. The van der Waals surface area contributed by atoms with E-state index in [1.807, 2.05) is 42.6 Å². The first-order valence-corrected chi connectivity index (χ1v) is 10.1. The molecule has 5 heterocycles. The van der Waals surface area contributed by atoms with E-state index in [9.17, 15) is 4.79 Å². The summed E-state index contributed by atoms with van der Waals surface area (Å²) >= 11 is 0. The summed E-state index contributed by atoms with van der Waals surface area (Å²) in [6.45, 7) is 6.64. The largest absolute Gasteiger partial charge is 0.366 e. The molecule has 3 aromatic heterocycles. The van der Waals surface area contributed by atoms with Gasteiger partial charge in [-0.15, -0.1) is 0 Å². The molecule has 1 atom stereocenters. The molecule has 2 saturated heterocycles. The van der Waals surface area contributed by atoms with Crippen molar-refractivity contribution in [2.75, 3.05) is 29.9 Å². The average Bonchev–Trinajstić information content (AvgIpc) is 3.42. The number of nitrogens with zero attached hydrogens (tertiary/aromatic N) is 5. The van der Waals surface area contributed by atoms with Crippen molar-refractivity contribution in [2.45, 2.75) is 32.7 Å². The molecular formula is C21H25N7O. The second-order valence-electron chi connectivity index (χ2n) is 8.45. The lowest BCUT2D eigenvalue weighted by atomic mass is 9.92. The van der Waals surface area contributed by atoms with E-state index in [1.165, 1.54) is 0 Å². The van der Waals surface area contributed by atoms with Crippen LogP contribution in [0.5, 0.6) is 0 Å². The monoisotopic (exact) mass is 391 g/mol. The lowest BCUT2D eigenvalue weighted by Crippen LogP contribution is -2.31. The first kappa shape index (κ1) is 18.1. The number of hydrogen-bond donors (Lipinski definition) is 2. The van der Waals surface area contributed by atoms with Gasteiger partial charge in [0.2, 0.25) is 5.91 Å². The van der Waals surface area contributed by atoms with Crippen molar-refractivity contribution < 1.29 is 4.79 Å². The van der Waals surface area contributed by atoms with Crippen LogP contribution in [0.4, 0.5) is 11.6 Å². The van der Waals surface area contributed by atoms with Gasteiger partial charge in [-0.3, -0.25) is 14.1 Å². The van der Waals surface area contributed by atoms with Gasteiger partial charge in [0.1, 0.15) is 5.82 Å². The molecule has 29 heavy (non-hydrogen) atoms. The highest BCUT2D eigenvalue weighted by Gasteiger charge is 2.40. The van der Waals surface area contributed by atoms with Gasteiger partial charge in [-0.1, -0.05) is 19.9 Å². The molecule has 0 unspecified atom stereocenters. The molecule has 150 valence electrons. The van der Waals surface area contributed by atoms with E-state index >= 15 is 0 Å². The van der Waals surface area contributed by atoms with E-state index in [2.05, 4.69) is 20.6 Å². The third-order valence-corrected chi connectivity index (χ3v) is 5.87. The third-order valence-electron chi connectivity index (χ3n) is 5.87. The molecule has 2 N–H and O–H groups in total. The number of rotatable bonds is 4. The Morgan fingerprint density at radius 3 is 2.90 bits per heavy atom. The molecule has 0 spiro atoms. The Morgan fingerprint density at radius 2 is 2.14 bits per heavy atom. The maximum Gasteiger partial charge on any atom is 0.233 e. The van der Waals surface area contributed by atoms with E-state index in [0.29, 0.717) is 18.4 Å². The van der Waals surface area contributed by atoms with Gasteiger partial charge in [0, 0.05) is 24.5 Å². The van der Waals surface area contributed by atoms with Crippen LogP contribution < -0.4 is 15.5 Å². The standard InChI is InChI=1S/C21H25N7O/c1-21(2)7-9-27(20(21)29)19-13-28-16(11-23-18(28)12-24-19)15-4-3-5-17(26-15)25-14-6-8-22-10-14/h3-5,11-14,22H,6-10H2,1-2H3,(H,25,26)/t14-/m1/s1. The molecule has 8 nitrogen and oxygen atoms in total. The third kappa shape index (κ3) is 3.23. The summed E-state index contributed by atoms with van der Waals surface area (Å²) in [6.07, 6.45) is 7.33. The number of imidazole rings is 1. The fourth-order valence-corrected chi connectivity index (χ4v) is 4.04. The number of carbonyl (C=O) groups is 1. The van der Waals surface area contributed by atoms with Crippen molar-refractivity contribution >= 4 is 23.2 Å². The average molecular weight is 391 g/mol. The van der Waals surface area contributed by atoms with Crippen molar-refractivity contribution in [3.05, 3.63) is 36.8 Å². The molecular weight excluding hydrogens is 366 g/mol. The summed E-state index contributed by atoms with van der Waals surface area (Å²) in [6, 6.07) is 6.37. The van der Waals surface area contributed by atoms with Gasteiger partial charge < -0.3 is 10.6 Å². The Kier molecular flexibility index (Phi) is 4.24. The molecule has 5 rings (SSSR count). The van der Waals surface area contributed by atoms with Gasteiger partial charge >= 0.3 is 0 Å². The predicted octanol–water partition coefficient (Wildman–Crippen LogP) is 2.33. The van der Waals surface area contributed by atoms with Crippen molar-refractivity contribution in [2.24, 2.45) is 5.41 Å². The van der Waals surface area contributed by atoms with Gasteiger partial charge in [0.15, 0.2) is 11.5 Å². The van der Waals surface area contributed by atoms with E-state index in [4.69, 9.17) is 4.98 Å². The summed E-state index contributed by atoms with van der Waals surface area (Å²) in [5.74, 6) is 1.62. The summed E-state index contributed by atoms with van der Waals surface area (Å²) in [7, 11) is 0. The number of carbonyl (C=O) groups excluding carboxylic acids is 1. The second-order valence-corrected chi connectivity index (χ2v) is 8.45. The van der Waals surface area contributed by atoms with Crippen LogP contribution in [0, 0.1) is 5.41 Å². The molecule has 1 amide bonds. The second kappa shape index (κ2) is 6.81. The number of amides is 1. The topological polar surface area (TPSA) is 87.4 Å². The minimum atomic E-state index is -0.342. The first-order valence-electron chi connectivity index (χ1n) is 10.1. The number of hydrogen-bond acceptors (Lipinski definition) is 6. The minimum absolute atomic E-state index is 0.112. The normalized spacial score (nSPS) is 21.2. The van der Waals surface area contributed by atoms with Gasteiger partial charge in [-0.2, -0.15) is 0 Å². The minimum Gasteiger partial charge on any atom is -0.366 e. The molecule has 2 aliphatic rings. The van der Waals surface area contributed by atoms with Crippen LogP contribution in [0.25, 0.3) is 17.0 Å². The summed E-state index contributed by atoms with van der Waals surface area (Å²) in [4.78, 5) is 28.2. The van der Waals surface area contributed by atoms with Gasteiger partial charge in [0.05, 0.1) is 30.0 Å². The number of anilines is 2. The van der Waals surface area contributed by atoms with Crippen LogP contribution in [0.15, 0.2) is 36.8 Å². The molecule has 2 fully saturated rings. The van der Waals surface area contributed by atoms with Crippen LogP contribution in [0.2, 0.25) is 0 Å². The molecule has 0 radical (unpaired) electrons. The zero-order chi connectivity index (χ0) is 20.0. The highest BCUT2D eigenvalue weighted by Crippen LogP contribution is 2.33. The van der Waals surface area contributed by atoms with Crippen molar-refractivity contribution in [1.82, 2.24) is 24.7 Å². The lowest BCUT2D eigenvalue weighted by molar-refractivity contribution is -0.124. The van der Waals surface area contributed by atoms with E-state index in [1.54, 1.807) is 17.3 Å². The van der Waals surface area contributed by atoms with E-state index in [-0.39, 0.29) is 11.3 Å². The highest BCUT2D eigenvalue weighted by molar-refractivity contribution is 5.98. The maximum absolute atomic E-state index is 12.7. The molecule has 0 saturated carbocycles. The summed E-state index contributed by atoms with van der Waals surface area (Å²) < 4.78 is 1.96. The van der Waals surface area contributed by atoms with Crippen LogP contribution in [0.1, 0.15) is 26.7 Å². The molecule has 3 aromatic rings. The Bertz CT molecular complexity index is 1070. The SMILES string of the molecule is CC1(C)CCN(c2cn3c(-c4cccc(N[C@@H]5CCNC5)n4)cnc3cn2)C1=O. The number of fused-ring (bicyclic) bond motifs is 1. The first-order chi connectivity index (χ1) is 14.0. The zero-order valence-corrected chi connectivity index (χ0v) is 16.7. The Hall–Kier alpha value is -3.00. The van der Waals surface area contributed by atoms with E-state index in [0.717, 1.165) is 48.8 Å². The molecule has 0 aromatic carbocycles. The smallest absolute Gasteiger partial charge is 0.233 e. The van der Waals surface area contributed by atoms with Crippen LogP contribution in [0.3, 0.4) is 0 Å². The number of nitrogens with one attached hydrogen (secondary N) is 2. The van der Waals surface area contributed by atoms with Crippen molar-refractivity contribution in [3.8, 4) is 11.4 Å². The van der Waals surface area contributed by atoms with Crippen LogP contribution in [-0.2, 0) is 4.79 Å². The molecule has 2 aliphatic heterocycles. The lowest BCUT2D eigenvalue weighted by Gasteiger charge is -2.19. The molecule has 8 heteroatoms. The fraction of sp³-hybridized carbons (Fsp3) is 0.429. The van der Waals surface area contributed by atoms with E-state index < -0.39 is 0 Å². The Labute approximate surface area is 169 Å². The van der Waals surface area contributed by atoms with Gasteiger partial charge in [-0.25, -0.2) is 15.0 Å². The Morgan fingerprint density at radius 1 is 1.24 bits per heavy atom. The van der Waals surface area contributed by atoms with Gasteiger partial charge in [-0.05, 0) is 31.5 Å². The summed E-state index contributed by atoms with van der Waals surface area (Å²) in [5.41, 5.74) is 2.10. The zero-order valence-electron chi connectivity index (χ0n) is 16.7. The molecule has 0 aliphatic carbocycles. The number of aromatic nitrogens is 4. The maximum atomic E-state index is 12.7. The highest BCUT2D eigenvalue weighted by atomic mass is 16.2. The van der Waals surface area contributed by atoms with Crippen molar-refractivity contribution in [3.63, 3.8) is 0 Å². The number of pyridine rings is 1. The van der Waals surface area contributed by atoms with Crippen LogP contribution in [-0.4, -0.2) is 50.9 Å². The van der Waals surface area contributed by atoms with Crippen molar-refractivity contribution in [1.29, 1.82) is 0 Å². The Balaban J connectivity index is 1.49. The van der Waals surface area contributed by atoms with Crippen LogP contribution >= 0.6 is 0 Å². The van der Waals surface area contributed by atoms with Gasteiger partial charge in [0.25, 0.3) is 0 Å². The predicted molar refractivity (Wildman–Crippen MR) is 112 cm³/mol. The summed E-state index contributed by atoms with van der Waals surface area (Å²) in [5, 5.41) is 6.85. The quantitative estimate of drug-likeness (QED) is 0.710. The molecule has 0 bridgehead atoms.